The van der Waals surface area contributed by atoms with Crippen LogP contribution in [-0.2, 0) is 0 Å². The highest BCUT2D eigenvalue weighted by Gasteiger charge is 2.04. The molecule has 0 fully saturated rings. The van der Waals surface area contributed by atoms with E-state index in [2.05, 4.69) is 11.9 Å². The molecule has 1 heterocycles. The van der Waals surface area contributed by atoms with Gasteiger partial charge in [-0.15, -0.1) is 0 Å². The number of para-hydroxylation sites is 1. The van der Waals surface area contributed by atoms with Gasteiger partial charge in [0.2, 0.25) is 0 Å². The number of aromatic nitrogens is 1. The summed E-state index contributed by atoms with van der Waals surface area (Å²) in [6.07, 6.45) is 6.90. The molecule has 0 aliphatic carbocycles. The standard InChI is InChI=1S/C16H17NO/c1-3-5-8-12(4-2)15-11-16(18)13-9-6-7-10-14(13)17-15/h3,5-11H,4H2,1-2H3,(H,17,18)/b5-3-,12-8+. The van der Waals surface area contributed by atoms with E-state index in [9.17, 15) is 4.79 Å². The normalized spacial score (nSPS) is 12.4. The van der Waals surface area contributed by atoms with E-state index >= 15 is 0 Å². The number of benzene rings is 1. The second-order valence-electron chi connectivity index (χ2n) is 4.16. The highest BCUT2D eigenvalue weighted by Crippen LogP contribution is 2.17. The Morgan fingerprint density at radius 3 is 2.83 bits per heavy atom. The molecule has 0 radical (unpaired) electrons. The van der Waals surface area contributed by atoms with E-state index in [0.717, 1.165) is 28.6 Å². The average molecular weight is 239 g/mol. The lowest BCUT2D eigenvalue weighted by Gasteiger charge is -2.06. The van der Waals surface area contributed by atoms with Gasteiger partial charge in [0.05, 0.1) is 0 Å². The number of pyridine rings is 1. The van der Waals surface area contributed by atoms with Crippen LogP contribution in [0.5, 0.6) is 0 Å². The predicted octanol–water partition coefficient (Wildman–Crippen LogP) is 3.90. The first-order valence-electron chi connectivity index (χ1n) is 6.20. The summed E-state index contributed by atoms with van der Waals surface area (Å²) < 4.78 is 0. The maximum Gasteiger partial charge on any atom is 0.190 e. The predicted molar refractivity (Wildman–Crippen MR) is 77.7 cm³/mol. The van der Waals surface area contributed by atoms with E-state index in [-0.39, 0.29) is 5.43 Å². The van der Waals surface area contributed by atoms with Crippen LogP contribution in [0.1, 0.15) is 26.0 Å². The first-order valence-corrected chi connectivity index (χ1v) is 6.20. The molecule has 0 bridgehead atoms. The lowest BCUT2D eigenvalue weighted by molar-refractivity contribution is 1.19. The average Bonchev–Trinajstić information content (AvgIpc) is 2.40. The Bertz CT molecular complexity index is 662. The molecule has 0 saturated carbocycles. The largest absolute Gasteiger partial charge is 0.355 e. The second-order valence-corrected chi connectivity index (χ2v) is 4.16. The molecule has 1 aromatic heterocycles. The smallest absolute Gasteiger partial charge is 0.190 e. The molecule has 2 rings (SSSR count). The Morgan fingerprint density at radius 1 is 1.33 bits per heavy atom. The van der Waals surface area contributed by atoms with Gasteiger partial charge >= 0.3 is 0 Å². The van der Waals surface area contributed by atoms with Gasteiger partial charge in [-0.1, -0.05) is 37.3 Å². The van der Waals surface area contributed by atoms with Crippen molar-refractivity contribution in [3.05, 3.63) is 64.5 Å². The van der Waals surface area contributed by atoms with Crippen molar-refractivity contribution in [3.63, 3.8) is 0 Å². The zero-order chi connectivity index (χ0) is 13.0. The minimum absolute atomic E-state index is 0.0687. The Hall–Kier alpha value is -2.09. The molecule has 18 heavy (non-hydrogen) atoms. The number of hydrogen-bond acceptors (Lipinski definition) is 1. The molecular formula is C16H17NO. The summed E-state index contributed by atoms with van der Waals surface area (Å²) in [6, 6.07) is 9.28. The molecule has 0 spiro atoms. The minimum Gasteiger partial charge on any atom is -0.355 e. The number of allylic oxidation sites excluding steroid dienone is 4. The van der Waals surface area contributed by atoms with Crippen LogP contribution in [0.3, 0.4) is 0 Å². The van der Waals surface area contributed by atoms with E-state index in [4.69, 9.17) is 0 Å². The summed E-state index contributed by atoms with van der Waals surface area (Å²) in [6.45, 7) is 4.07. The van der Waals surface area contributed by atoms with Crippen molar-refractivity contribution >= 4 is 16.5 Å². The van der Waals surface area contributed by atoms with Gasteiger partial charge < -0.3 is 4.98 Å². The maximum atomic E-state index is 12.0. The molecule has 0 aliphatic heterocycles. The third-order valence-corrected chi connectivity index (χ3v) is 2.95. The second kappa shape index (κ2) is 5.50. The number of H-pyrrole nitrogens is 1. The van der Waals surface area contributed by atoms with E-state index in [1.807, 2.05) is 49.4 Å². The SMILES string of the molecule is C/C=C\C=C(/CC)c1cc(=O)c2ccccc2[nH]1. The summed E-state index contributed by atoms with van der Waals surface area (Å²) in [5.74, 6) is 0. The fourth-order valence-electron chi connectivity index (χ4n) is 1.98. The van der Waals surface area contributed by atoms with Gasteiger partial charge in [-0.2, -0.15) is 0 Å². The van der Waals surface area contributed by atoms with Crippen LogP contribution in [0.15, 0.2) is 53.4 Å². The third kappa shape index (κ3) is 2.43. The topological polar surface area (TPSA) is 32.9 Å². The molecule has 1 aromatic carbocycles. The first kappa shape index (κ1) is 12.4. The van der Waals surface area contributed by atoms with Gasteiger partial charge in [0.25, 0.3) is 0 Å². The molecule has 92 valence electrons. The van der Waals surface area contributed by atoms with Crippen molar-refractivity contribution in [1.82, 2.24) is 4.98 Å². The van der Waals surface area contributed by atoms with Gasteiger partial charge in [0.15, 0.2) is 5.43 Å². The zero-order valence-corrected chi connectivity index (χ0v) is 10.7. The van der Waals surface area contributed by atoms with Crippen molar-refractivity contribution in [3.8, 4) is 0 Å². The van der Waals surface area contributed by atoms with Crippen LogP contribution >= 0.6 is 0 Å². The van der Waals surface area contributed by atoms with Crippen molar-refractivity contribution in [2.45, 2.75) is 20.3 Å². The van der Waals surface area contributed by atoms with E-state index in [0.29, 0.717) is 0 Å². The molecule has 0 unspecified atom stereocenters. The zero-order valence-electron chi connectivity index (χ0n) is 10.7. The fraction of sp³-hybridized carbons (Fsp3) is 0.188. The quantitative estimate of drug-likeness (QED) is 0.810. The molecule has 0 aliphatic rings. The van der Waals surface area contributed by atoms with Crippen molar-refractivity contribution in [2.24, 2.45) is 0 Å². The number of nitrogens with one attached hydrogen (secondary N) is 1. The Balaban J connectivity index is 2.62. The van der Waals surface area contributed by atoms with E-state index in [1.165, 1.54) is 0 Å². The molecule has 0 atom stereocenters. The Morgan fingerprint density at radius 2 is 2.11 bits per heavy atom. The summed E-state index contributed by atoms with van der Waals surface area (Å²) >= 11 is 0. The highest BCUT2D eigenvalue weighted by atomic mass is 16.1. The van der Waals surface area contributed by atoms with Crippen LogP contribution in [-0.4, -0.2) is 4.98 Å². The van der Waals surface area contributed by atoms with Crippen LogP contribution in [0, 0.1) is 0 Å². The summed E-state index contributed by atoms with van der Waals surface area (Å²) in [5, 5.41) is 0.739. The molecule has 0 amide bonds. The van der Waals surface area contributed by atoms with Gasteiger partial charge in [-0.3, -0.25) is 4.79 Å². The number of aromatic amines is 1. The molecule has 2 nitrogen and oxygen atoms in total. The fourth-order valence-corrected chi connectivity index (χ4v) is 1.98. The summed E-state index contributed by atoms with van der Waals surface area (Å²) in [7, 11) is 0. The van der Waals surface area contributed by atoms with Gasteiger partial charge in [0, 0.05) is 22.7 Å². The number of fused-ring (bicyclic) bond motifs is 1. The number of rotatable bonds is 3. The van der Waals surface area contributed by atoms with Crippen molar-refractivity contribution in [1.29, 1.82) is 0 Å². The molecule has 2 aromatic rings. The minimum atomic E-state index is 0.0687. The van der Waals surface area contributed by atoms with Crippen LogP contribution in [0.25, 0.3) is 16.5 Å². The first-order chi connectivity index (χ1) is 8.76. The van der Waals surface area contributed by atoms with Crippen LogP contribution in [0.4, 0.5) is 0 Å². The summed E-state index contributed by atoms with van der Waals surface area (Å²) in [5.41, 5.74) is 2.99. The molecule has 0 saturated heterocycles. The lowest BCUT2D eigenvalue weighted by Crippen LogP contribution is -2.04. The Kier molecular flexibility index (Phi) is 3.78. The molecular weight excluding hydrogens is 222 g/mol. The van der Waals surface area contributed by atoms with E-state index < -0.39 is 0 Å². The highest BCUT2D eigenvalue weighted by molar-refractivity contribution is 5.80. The van der Waals surface area contributed by atoms with Crippen LogP contribution < -0.4 is 5.43 Å². The van der Waals surface area contributed by atoms with Crippen LogP contribution in [0.2, 0.25) is 0 Å². The molecule has 2 heteroatoms. The number of hydrogen-bond donors (Lipinski definition) is 1. The van der Waals surface area contributed by atoms with Gasteiger partial charge in [0.1, 0.15) is 0 Å². The maximum absolute atomic E-state index is 12.0. The van der Waals surface area contributed by atoms with Crippen molar-refractivity contribution < 1.29 is 0 Å². The van der Waals surface area contributed by atoms with E-state index in [1.54, 1.807) is 6.07 Å². The lowest BCUT2D eigenvalue weighted by atomic mass is 10.1. The monoisotopic (exact) mass is 239 g/mol. The molecule has 1 N–H and O–H groups in total. The Labute approximate surface area is 107 Å². The van der Waals surface area contributed by atoms with Gasteiger partial charge in [-0.05, 0) is 31.1 Å². The third-order valence-electron chi connectivity index (χ3n) is 2.95. The van der Waals surface area contributed by atoms with Crippen molar-refractivity contribution in [2.75, 3.05) is 0 Å². The van der Waals surface area contributed by atoms with Gasteiger partial charge in [-0.25, -0.2) is 0 Å². The summed E-state index contributed by atoms with van der Waals surface area (Å²) in [4.78, 5) is 15.4.